The van der Waals surface area contributed by atoms with Crippen LogP contribution in [-0.2, 0) is 18.4 Å². The van der Waals surface area contributed by atoms with E-state index in [4.69, 9.17) is 0 Å². The second-order valence-electron chi connectivity index (χ2n) is 9.72. The molecule has 6 rings (SSSR count). The summed E-state index contributed by atoms with van der Waals surface area (Å²) in [5.74, 6) is -0.733. The quantitative estimate of drug-likeness (QED) is 0.347. The van der Waals surface area contributed by atoms with E-state index in [0.717, 1.165) is 26.9 Å². The van der Waals surface area contributed by atoms with Crippen LogP contribution in [0, 0.1) is 6.92 Å². The van der Waals surface area contributed by atoms with E-state index in [-0.39, 0.29) is 19.4 Å². The van der Waals surface area contributed by atoms with E-state index in [2.05, 4.69) is 15.1 Å². The van der Waals surface area contributed by atoms with Gasteiger partial charge in [-0.3, -0.25) is 28.6 Å². The van der Waals surface area contributed by atoms with Gasteiger partial charge in [-0.2, -0.15) is 18.3 Å². The predicted octanol–water partition coefficient (Wildman–Crippen LogP) is 4.00. The van der Waals surface area contributed by atoms with Crippen molar-refractivity contribution in [3.8, 4) is 16.9 Å². The summed E-state index contributed by atoms with van der Waals surface area (Å²) >= 11 is 0. The molecule has 0 aliphatic carbocycles. The number of carbonyl (C=O) groups is 1. The lowest BCUT2D eigenvalue weighted by atomic mass is 10.1. The lowest BCUT2D eigenvalue weighted by Gasteiger charge is -2.26. The number of benzene rings is 1. The first-order valence-electron chi connectivity index (χ1n) is 12.4. The zero-order valence-electron chi connectivity index (χ0n) is 21.2. The fourth-order valence-corrected chi connectivity index (χ4v) is 5.44. The summed E-state index contributed by atoms with van der Waals surface area (Å²) in [7, 11) is 1.83. The Labute approximate surface area is 220 Å². The summed E-state index contributed by atoms with van der Waals surface area (Å²) in [5.41, 5.74) is 4.02. The number of para-hydroxylation sites is 1. The van der Waals surface area contributed by atoms with Crippen LogP contribution in [0.25, 0.3) is 38.9 Å². The molecule has 1 aromatic carbocycles. The standard InChI is InChI=1S/C27H24F3N7O2/c1-16-5-3-6-21-25(16)37(26(39)36(21)15-24(38)35-10-4-7-23(35)27(28,29)30)17-8-9-20(32-11-17)18-12-31-14-22-19(18)13-33-34(22)2/h3,5-6,8-9,11-14,23H,4,7,10,15H2,1-2H3/t23-/m0/s1. The summed E-state index contributed by atoms with van der Waals surface area (Å²) in [4.78, 5) is 36.4. The van der Waals surface area contributed by atoms with Crippen LogP contribution in [0.15, 0.2) is 59.9 Å². The second kappa shape index (κ2) is 9.07. The summed E-state index contributed by atoms with van der Waals surface area (Å²) in [6.07, 6.45) is 2.35. The number of fused-ring (bicyclic) bond motifs is 2. The van der Waals surface area contributed by atoms with Crippen molar-refractivity contribution in [2.45, 2.75) is 38.5 Å². The van der Waals surface area contributed by atoms with E-state index < -0.39 is 30.4 Å². The Bertz CT molecular complexity index is 1780. The van der Waals surface area contributed by atoms with Crippen molar-refractivity contribution >= 4 is 27.8 Å². The Balaban J connectivity index is 1.41. The molecule has 1 amide bonds. The van der Waals surface area contributed by atoms with Crippen molar-refractivity contribution in [3.63, 3.8) is 0 Å². The van der Waals surface area contributed by atoms with Crippen molar-refractivity contribution < 1.29 is 18.0 Å². The number of nitrogens with zero attached hydrogens (tertiary/aromatic N) is 7. The topological polar surface area (TPSA) is 90.8 Å². The van der Waals surface area contributed by atoms with Gasteiger partial charge >= 0.3 is 11.9 Å². The third kappa shape index (κ3) is 4.06. The van der Waals surface area contributed by atoms with Gasteiger partial charge in [-0.15, -0.1) is 0 Å². The molecular weight excluding hydrogens is 511 g/mol. The van der Waals surface area contributed by atoms with Gasteiger partial charge in [-0.05, 0) is 43.5 Å². The number of hydrogen-bond acceptors (Lipinski definition) is 5. The van der Waals surface area contributed by atoms with Crippen LogP contribution in [0.1, 0.15) is 18.4 Å². The van der Waals surface area contributed by atoms with E-state index in [1.54, 1.807) is 53.7 Å². The van der Waals surface area contributed by atoms with Crippen molar-refractivity contribution in [3.05, 3.63) is 71.2 Å². The number of alkyl halides is 3. The van der Waals surface area contributed by atoms with Crippen LogP contribution < -0.4 is 5.69 Å². The molecule has 1 aliphatic heterocycles. The minimum Gasteiger partial charge on any atom is -0.329 e. The number of rotatable bonds is 4. The normalized spacial score (nSPS) is 16.0. The first-order chi connectivity index (χ1) is 18.6. The molecule has 0 radical (unpaired) electrons. The van der Waals surface area contributed by atoms with Crippen LogP contribution in [0.5, 0.6) is 0 Å². The third-order valence-corrected chi connectivity index (χ3v) is 7.35. The molecule has 0 bridgehead atoms. The van der Waals surface area contributed by atoms with Gasteiger partial charge in [0.05, 0.1) is 46.5 Å². The molecule has 200 valence electrons. The third-order valence-electron chi connectivity index (χ3n) is 7.35. The molecule has 39 heavy (non-hydrogen) atoms. The molecule has 0 spiro atoms. The average Bonchev–Trinajstić information content (AvgIpc) is 3.62. The van der Waals surface area contributed by atoms with E-state index in [1.807, 2.05) is 20.0 Å². The van der Waals surface area contributed by atoms with Crippen LogP contribution in [0.4, 0.5) is 13.2 Å². The lowest BCUT2D eigenvalue weighted by molar-refractivity contribution is -0.182. The number of hydrogen-bond donors (Lipinski definition) is 0. The zero-order chi connectivity index (χ0) is 27.5. The molecule has 1 saturated heterocycles. The number of likely N-dealkylation sites (tertiary alicyclic amines) is 1. The Morgan fingerprint density at radius 1 is 1.08 bits per heavy atom. The number of imidazole rings is 1. The maximum absolute atomic E-state index is 13.7. The van der Waals surface area contributed by atoms with Gasteiger partial charge in [-0.25, -0.2) is 4.79 Å². The van der Waals surface area contributed by atoms with Crippen molar-refractivity contribution in [1.29, 1.82) is 0 Å². The average molecular weight is 536 g/mol. The number of aromatic nitrogens is 6. The van der Waals surface area contributed by atoms with Gasteiger partial charge in [-0.1, -0.05) is 12.1 Å². The highest BCUT2D eigenvalue weighted by Crippen LogP contribution is 2.33. The number of aryl methyl sites for hydroxylation is 2. The van der Waals surface area contributed by atoms with Gasteiger partial charge in [0.1, 0.15) is 12.6 Å². The Hall–Kier alpha value is -4.48. The minimum absolute atomic E-state index is 0.0133. The summed E-state index contributed by atoms with van der Waals surface area (Å²) in [6, 6.07) is 6.97. The fourth-order valence-electron chi connectivity index (χ4n) is 5.44. The number of halogens is 3. The van der Waals surface area contributed by atoms with Crippen LogP contribution in [-0.4, -0.2) is 58.5 Å². The van der Waals surface area contributed by atoms with Crippen molar-refractivity contribution in [1.82, 2.24) is 33.8 Å². The van der Waals surface area contributed by atoms with Crippen LogP contribution in [0.3, 0.4) is 0 Å². The maximum Gasteiger partial charge on any atom is 0.408 e. The van der Waals surface area contributed by atoms with Crippen molar-refractivity contribution in [2.75, 3.05) is 6.54 Å². The van der Waals surface area contributed by atoms with Gasteiger partial charge in [0, 0.05) is 30.7 Å². The number of carbonyl (C=O) groups excluding carboxylic acids is 1. The molecule has 0 unspecified atom stereocenters. The van der Waals surface area contributed by atoms with Crippen LogP contribution >= 0.6 is 0 Å². The van der Waals surface area contributed by atoms with Crippen LogP contribution in [0.2, 0.25) is 0 Å². The summed E-state index contributed by atoms with van der Waals surface area (Å²) < 4.78 is 44.9. The predicted molar refractivity (Wildman–Crippen MR) is 138 cm³/mol. The molecule has 4 aromatic heterocycles. The summed E-state index contributed by atoms with van der Waals surface area (Å²) in [6.45, 7) is 1.36. The van der Waals surface area contributed by atoms with Gasteiger partial charge in [0.2, 0.25) is 5.91 Å². The molecule has 1 aliphatic rings. The highest BCUT2D eigenvalue weighted by molar-refractivity contribution is 5.92. The van der Waals surface area contributed by atoms with Crippen molar-refractivity contribution in [2.24, 2.45) is 7.05 Å². The fraction of sp³-hybridized carbons (Fsp3) is 0.296. The highest BCUT2D eigenvalue weighted by atomic mass is 19.4. The number of amides is 1. The maximum atomic E-state index is 13.7. The van der Waals surface area contributed by atoms with E-state index >= 15 is 0 Å². The largest absolute Gasteiger partial charge is 0.408 e. The Kier molecular flexibility index (Phi) is 5.77. The minimum atomic E-state index is -4.51. The molecule has 1 fully saturated rings. The molecule has 9 nitrogen and oxygen atoms in total. The highest BCUT2D eigenvalue weighted by Gasteiger charge is 2.47. The molecular formula is C27H24F3N7O2. The molecule has 0 saturated carbocycles. The molecule has 5 heterocycles. The number of pyridine rings is 2. The smallest absolute Gasteiger partial charge is 0.329 e. The molecule has 1 atom stereocenters. The lowest BCUT2D eigenvalue weighted by Crippen LogP contribution is -2.46. The molecule has 5 aromatic rings. The zero-order valence-corrected chi connectivity index (χ0v) is 21.2. The van der Waals surface area contributed by atoms with Gasteiger partial charge in [0.25, 0.3) is 0 Å². The van der Waals surface area contributed by atoms with E-state index in [9.17, 15) is 22.8 Å². The van der Waals surface area contributed by atoms with E-state index in [0.29, 0.717) is 22.4 Å². The first kappa shape index (κ1) is 24.8. The Morgan fingerprint density at radius 2 is 1.90 bits per heavy atom. The Morgan fingerprint density at radius 3 is 2.64 bits per heavy atom. The molecule has 0 N–H and O–H groups in total. The monoisotopic (exact) mass is 535 g/mol. The SMILES string of the molecule is Cc1cccc2c1n(-c1ccc(-c3cncc4c3cnn4C)nc1)c(=O)n2CC(=O)N1CCC[C@H]1C(F)(F)F. The second-order valence-corrected chi connectivity index (χ2v) is 9.72. The first-order valence-corrected chi connectivity index (χ1v) is 12.4. The van der Waals surface area contributed by atoms with E-state index in [1.165, 1.54) is 9.13 Å². The molecule has 12 heteroatoms. The van der Waals surface area contributed by atoms with Gasteiger partial charge in [0.15, 0.2) is 0 Å². The van der Waals surface area contributed by atoms with Gasteiger partial charge < -0.3 is 4.90 Å². The summed E-state index contributed by atoms with van der Waals surface area (Å²) in [5, 5.41) is 5.17.